The molecule has 0 amide bonds. The minimum atomic E-state index is -0.517. The fourth-order valence-electron chi connectivity index (χ4n) is 2.13. The van der Waals surface area contributed by atoms with Gasteiger partial charge >= 0.3 is 0 Å². The molecular formula is C15H16Cl2N2O2. The van der Waals surface area contributed by atoms with Gasteiger partial charge in [-0.25, -0.2) is 0 Å². The highest BCUT2D eigenvalue weighted by molar-refractivity contribution is 6.33. The van der Waals surface area contributed by atoms with Crippen LogP contribution in [0.4, 0.5) is 11.4 Å². The van der Waals surface area contributed by atoms with Crippen molar-refractivity contribution in [1.82, 2.24) is 0 Å². The predicted molar refractivity (Wildman–Crippen MR) is 87.2 cm³/mol. The standard InChI is InChI=1S/C15H16Cl2N2O2/c1-15(2,7-3-9(16)13(20)11(18)5-7)8-4-10(17)14(21)12(19)6-8/h3-6,20-21H,18-19H2,1-2H3. The second-order valence-electron chi connectivity index (χ2n) is 5.42. The summed E-state index contributed by atoms with van der Waals surface area (Å²) >= 11 is 12.0. The van der Waals surface area contributed by atoms with Gasteiger partial charge in [0.25, 0.3) is 0 Å². The Balaban J connectivity index is 2.61. The fraction of sp³-hybridized carbons (Fsp3) is 0.200. The highest BCUT2D eigenvalue weighted by Crippen LogP contribution is 2.42. The summed E-state index contributed by atoms with van der Waals surface area (Å²) in [6.45, 7) is 3.88. The minimum Gasteiger partial charge on any atom is -0.504 e. The maximum Gasteiger partial charge on any atom is 0.157 e. The summed E-state index contributed by atoms with van der Waals surface area (Å²) in [7, 11) is 0. The van der Waals surface area contributed by atoms with E-state index in [0.717, 1.165) is 11.1 Å². The lowest BCUT2D eigenvalue weighted by atomic mass is 9.77. The van der Waals surface area contributed by atoms with Gasteiger partial charge in [-0.1, -0.05) is 37.0 Å². The number of phenolic OH excluding ortho intramolecular Hbond substituents is 2. The molecule has 4 nitrogen and oxygen atoms in total. The van der Waals surface area contributed by atoms with Gasteiger partial charge in [0.2, 0.25) is 0 Å². The zero-order valence-corrected chi connectivity index (χ0v) is 13.1. The zero-order chi connectivity index (χ0) is 15.9. The van der Waals surface area contributed by atoms with E-state index in [1.807, 2.05) is 13.8 Å². The largest absolute Gasteiger partial charge is 0.504 e. The highest BCUT2D eigenvalue weighted by Gasteiger charge is 2.26. The summed E-state index contributed by atoms with van der Waals surface area (Å²) in [6, 6.07) is 6.59. The smallest absolute Gasteiger partial charge is 0.157 e. The second-order valence-corrected chi connectivity index (χ2v) is 6.23. The molecule has 6 N–H and O–H groups in total. The van der Waals surface area contributed by atoms with Crippen LogP contribution < -0.4 is 11.5 Å². The molecule has 2 aromatic carbocycles. The molecule has 0 heterocycles. The van der Waals surface area contributed by atoms with Crippen molar-refractivity contribution in [3.63, 3.8) is 0 Å². The van der Waals surface area contributed by atoms with Crippen LogP contribution in [0.1, 0.15) is 25.0 Å². The quantitative estimate of drug-likeness (QED) is 0.497. The van der Waals surface area contributed by atoms with Crippen molar-refractivity contribution in [3.8, 4) is 11.5 Å². The Morgan fingerprint density at radius 2 is 1.14 bits per heavy atom. The molecular weight excluding hydrogens is 311 g/mol. The first-order valence-corrected chi connectivity index (χ1v) is 6.97. The van der Waals surface area contributed by atoms with Gasteiger partial charge in [-0.3, -0.25) is 0 Å². The first kappa shape index (κ1) is 15.6. The van der Waals surface area contributed by atoms with Crippen LogP contribution in [0.5, 0.6) is 11.5 Å². The Morgan fingerprint density at radius 3 is 1.43 bits per heavy atom. The summed E-state index contributed by atoms with van der Waals surface area (Å²) in [6.07, 6.45) is 0. The zero-order valence-electron chi connectivity index (χ0n) is 11.6. The summed E-state index contributed by atoms with van der Waals surface area (Å²) in [5, 5.41) is 19.7. The SMILES string of the molecule is CC(C)(c1cc(N)c(O)c(Cl)c1)c1cc(N)c(O)c(Cl)c1. The molecule has 0 spiro atoms. The molecule has 0 aliphatic heterocycles. The number of halogens is 2. The summed E-state index contributed by atoms with van der Waals surface area (Å²) in [5.74, 6) is -0.279. The summed E-state index contributed by atoms with van der Waals surface area (Å²) < 4.78 is 0. The number of anilines is 2. The van der Waals surface area contributed by atoms with E-state index in [-0.39, 0.29) is 32.9 Å². The minimum absolute atomic E-state index is 0.139. The van der Waals surface area contributed by atoms with Crippen molar-refractivity contribution in [2.75, 3.05) is 11.5 Å². The summed E-state index contributed by atoms with van der Waals surface area (Å²) in [4.78, 5) is 0. The highest BCUT2D eigenvalue weighted by atomic mass is 35.5. The number of nitrogens with two attached hydrogens (primary N) is 2. The van der Waals surface area contributed by atoms with Crippen LogP contribution in [0.25, 0.3) is 0 Å². The van der Waals surface area contributed by atoms with Crippen molar-refractivity contribution in [2.24, 2.45) is 0 Å². The van der Waals surface area contributed by atoms with Gasteiger partial charge in [-0.15, -0.1) is 0 Å². The average molecular weight is 327 g/mol. The lowest BCUT2D eigenvalue weighted by molar-refractivity contribution is 0.477. The number of benzene rings is 2. The molecule has 2 aromatic rings. The Kier molecular flexibility index (Phi) is 3.87. The van der Waals surface area contributed by atoms with Crippen LogP contribution in [0.2, 0.25) is 10.0 Å². The molecule has 112 valence electrons. The summed E-state index contributed by atoms with van der Waals surface area (Å²) in [5.41, 5.74) is 13.0. The van der Waals surface area contributed by atoms with E-state index < -0.39 is 5.41 Å². The normalized spacial score (nSPS) is 11.6. The van der Waals surface area contributed by atoms with Crippen molar-refractivity contribution in [1.29, 1.82) is 0 Å². The molecule has 21 heavy (non-hydrogen) atoms. The maximum atomic E-state index is 9.66. The van der Waals surface area contributed by atoms with Crippen molar-refractivity contribution in [3.05, 3.63) is 45.4 Å². The molecule has 6 heteroatoms. The monoisotopic (exact) mass is 326 g/mol. The molecule has 0 bridgehead atoms. The Morgan fingerprint density at radius 1 is 0.810 bits per heavy atom. The molecule has 0 saturated carbocycles. The van der Waals surface area contributed by atoms with Crippen LogP contribution in [-0.2, 0) is 5.41 Å². The lowest BCUT2D eigenvalue weighted by Gasteiger charge is -2.27. The Bertz CT molecular complexity index is 609. The third-order valence-electron chi connectivity index (χ3n) is 3.63. The molecule has 0 unspecified atom stereocenters. The van der Waals surface area contributed by atoms with Crippen LogP contribution >= 0.6 is 23.2 Å². The van der Waals surface area contributed by atoms with E-state index in [4.69, 9.17) is 34.7 Å². The number of rotatable bonds is 2. The topological polar surface area (TPSA) is 92.5 Å². The predicted octanol–water partition coefficient (Wildman–Crippen LogP) is 3.89. The van der Waals surface area contributed by atoms with E-state index in [2.05, 4.69) is 0 Å². The Labute approximate surface area is 132 Å². The third-order valence-corrected chi connectivity index (χ3v) is 4.21. The van der Waals surface area contributed by atoms with Crippen molar-refractivity contribution < 1.29 is 10.2 Å². The molecule has 0 aliphatic rings. The first-order valence-electron chi connectivity index (χ1n) is 6.21. The van der Waals surface area contributed by atoms with Crippen molar-refractivity contribution in [2.45, 2.75) is 19.3 Å². The van der Waals surface area contributed by atoms with Gasteiger partial charge in [-0.2, -0.15) is 0 Å². The number of hydrogen-bond acceptors (Lipinski definition) is 4. The Hall–Kier alpha value is -1.78. The van der Waals surface area contributed by atoms with Crippen LogP contribution in [0, 0.1) is 0 Å². The molecule has 0 atom stereocenters. The molecule has 0 aromatic heterocycles. The van der Waals surface area contributed by atoms with Gasteiger partial charge in [0.1, 0.15) is 0 Å². The van der Waals surface area contributed by atoms with Crippen molar-refractivity contribution >= 4 is 34.6 Å². The lowest BCUT2D eigenvalue weighted by Crippen LogP contribution is -2.19. The number of hydrogen-bond donors (Lipinski definition) is 4. The molecule has 0 aliphatic carbocycles. The van der Waals surface area contributed by atoms with E-state index in [0.29, 0.717) is 0 Å². The molecule has 0 saturated heterocycles. The van der Waals surface area contributed by atoms with E-state index in [1.54, 1.807) is 24.3 Å². The second kappa shape index (κ2) is 5.20. The van der Waals surface area contributed by atoms with Crippen LogP contribution in [0.15, 0.2) is 24.3 Å². The fourth-order valence-corrected chi connectivity index (χ4v) is 2.58. The first-order chi connectivity index (χ1) is 9.64. The number of nitrogen functional groups attached to an aromatic ring is 2. The van der Waals surface area contributed by atoms with Crippen LogP contribution in [-0.4, -0.2) is 10.2 Å². The number of aromatic hydroxyl groups is 2. The van der Waals surface area contributed by atoms with Gasteiger partial charge in [0, 0.05) is 5.41 Å². The van der Waals surface area contributed by atoms with Gasteiger partial charge in [0.05, 0.1) is 21.4 Å². The van der Waals surface area contributed by atoms with Gasteiger partial charge in [-0.05, 0) is 35.4 Å². The molecule has 2 rings (SSSR count). The maximum absolute atomic E-state index is 9.66. The van der Waals surface area contributed by atoms with Gasteiger partial charge in [0.15, 0.2) is 11.5 Å². The van der Waals surface area contributed by atoms with Crippen LogP contribution in [0.3, 0.4) is 0 Å². The third kappa shape index (κ3) is 2.69. The average Bonchev–Trinajstić information content (AvgIpc) is 2.40. The van der Waals surface area contributed by atoms with E-state index >= 15 is 0 Å². The number of phenols is 2. The van der Waals surface area contributed by atoms with E-state index in [1.165, 1.54) is 0 Å². The van der Waals surface area contributed by atoms with E-state index in [9.17, 15) is 10.2 Å². The molecule has 0 fully saturated rings. The molecule has 0 radical (unpaired) electrons. The van der Waals surface area contributed by atoms with Gasteiger partial charge < -0.3 is 21.7 Å².